The Morgan fingerprint density at radius 1 is 1.18 bits per heavy atom. The normalized spacial score (nSPS) is 15.8. The van der Waals surface area contributed by atoms with E-state index in [1.807, 2.05) is 35.2 Å². The zero-order valence-electron chi connectivity index (χ0n) is 19.2. The van der Waals surface area contributed by atoms with Gasteiger partial charge in [-0.25, -0.2) is 4.79 Å². The van der Waals surface area contributed by atoms with Gasteiger partial charge in [-0.3, -0.25) is 14.3 Å². The Morgan fingerprint density at radius 3 is 2.74 bits per heavy atom. The highest BCUT2D eigenvalue weighted by Crippen LogP contribution is 2.38. The molecule has 1 aromatic carbocycles. The van der Waals surface area contributed by atoms with Gasteiger partial charge in [0, 0.05) is 12.5 Å². The average Bonchev–Trinajstić information content (AvgIpc) is 3.60. The lowest BCUT2D eigenvalue weighted by molar-refractivity contribution is 0.370. The molecule has 0 saturated heterocycles. The molecule has 0 unspecified atom stereocenters. The summed E-state index contributed by atoms with van der Waals surface area (Å²) in [6.07, 6.45) is 9.82. The zero-order chi connectivity index (χ0) is 23.5. The lowest BCUT2D eigenvalue weighted by atomic mass is 9.97. The van der Waals surface area contributed by atoms with Gasteiger partial charge >= 0.3 is 5.69 Å². The number of allylic oxidation sites excluding steroid dienone is 1. The Morgan fingerprint density at radius 2 is 2.00 bits per heavy atom. The summed E-state index contributed by atoms with van der Waals surface area (Å²) in [5.41, 5.74) is 8.00. The molecule has 0 bridgehead atoms. The molecule has 1 fully saturated rings. The van der Waals surface area contributed by atoms with Gasteiger partial charge in [0.05, 0.1) is 13.1 Å². The molecule has 3 aromatic rings. The molecular formula is C25H30N6O3. The first-order chi connectivity index (χ1) is 16.6. The van der Waals surface area contributed by atoms with E-state index in [9.17, 15) is 9.59 Å². The highest BCUT2D eigenvalue weighted by molar-refractivity contribution is 5.62. The molecule has 9 heteroatoms. The van der Waals surface area contributed by atoms with E-state index < -0.39 is 11.2 Å². The number of anilines is 2. The van der Waals surface area contributed by atoms with Crippen LogP contribution >= 0.6 is 0 Å². The summed E-state index contributed by atoms with van der Waals surface area (Å²) in [7, 11) is 0. The molecule has 34 heavy (non-hydrogen) atoms. The summed E-state index contributed by atoms with van der Waals surface area (Å²) >= 11 is 0. The summed E-state index contributed by atoms with van der Waals surface area (Å²) in [6.45, 7) is 1.08. The van der Waals surface area contributed by atoms with Gasteiger partial charge < -0.3 is 15.2 Å². The van der Waals surface area contributed by atoms with Crippen molar-refractivity contribution in [2.24, 2.45) is 0 Å². The number of rotatable bonds is 9. The van der Waals surface area contributed by atoms with Crippen LogP contribution in [-0.2, 0) is 13.1 Å². The number of nitrogen functional groups attached to an aromatic ring is 1. The Labute approximate surface area is 197 Å². The highest BCUT2D eigenvalue weighted by Gasteiger charge is 2.29. The minimum absolute atomic E-state index is 0.136. The van der Waals surface area contributed by atoms with Crippen LogP contribution in [0.15, 0.2) is 56.1 Å². The van der Waals surface area contributed by atoms with Crippen molar-refractivity contribution in [2.45, 2.75) is 64.0 Å². The molecule has 1 saturated carbocycles. The van der Waals surface area contributed by atoms with Crippen molar-refractivity contribution in [3.63, 3.8) is 0 Å². The molecule has 2 aliphatic carbocycles. The number of H-pyrrole nitrogens is 1. The molecule has 2 heterocycles. The van der Waals surface area contributed by atoms with Crippen LogP contribution in [0.2, 0.25) is 0 Å². The largest absolute Gasteiger partial charge is 0.383 e. The zero-order valence-corrected chi connectivity index (χ0v) is 19.2. The standard InChI is InChI=1S/C25H30N6O3/c26-22-21(24(32)28-25(33)31(22)15-18-9-5-2-6-10-18)30(14-13-17-7-3-1-4-8-17)16-20-27-23(29-34-20)19-11-12-19/h2,5-7,9-10,19H,1,3-4,8,11-16,26H2,(H,28,32,33). The van der Waals surface area contributed by atoms with Gasteiger partial charge in [-0.2, -0.15) is 4.98 Å². The number of hydrogen-bond donors (Lipinski definition) is 2. The van der Waals surface area contributed by atoms with Crippen molar-refractivity contribution in [3.8, 4) is 0 Å². The fourth-order valence-corrected chi connectivity index (χ4v) is 4.49. The van der Waals surface area contributed by atoms with Crippen LogP contribution in [0.25, 0.3) is 0 Å². The van der Waals surface area contributed by atoms with Crippen LogP contribution in [-0.4, -0.2) is 26.2 Å². The molecule has 9 nitrogen and oxygen atoms in total. The van der Waals surface area contributed by atoms with Crippen molar-refractivity contribution < 1.29 is 4.52 Å². The fourth-order valence-electron chi connectivity index (χ4n) is 4.49. The van der Waals surface area contributed by atoms with E-state index in [4.69, 9.17) is 10.3 Å². The SMILES string of the molecule is Nc1c(N(CCC2=CCCCC2)Cc2nc(C3CC3)no2)c(=O)[nH]c(=O)n1Cc1ccccc1. The first kappa shape index (κ1) is 22.2. The molecule has 0 amide bonds. The van der Waals surface area contributed by atoms with Crippen LogP contribution in [0.1, 0.15) is 68.1 Å². The third kappa shape index (κ3) is 4.98. The molecule has 0 aliphatic heterocycles. The number of nitrogens with two attached hydrogens (primary N) is 1. The second-order valence-corrected chi connectivity index (χ2v) is 9.17. The summed E-state index contributed by atoms with van der Waals surface area (Å²) in [6, 6.07) is 9.56. The Hall–Kier alpha value is -3.62. The quantitative estimate of drug-likeness (QED) is 0.468. The van der Waals surface area contributed by atoms with Gasteiger partial charge in [-0.05, 0) is 50.5 Å². The van der Waals surface area contributed by atoms with Crippen LogP contribution in [0, 0.1) is 0 Å². The van der Waals surface area contributed by atoms with Gasteiger partial charge in [0.1, 0.15) is 11.5 Å². The maximum atomic E-state index is 13.0. The van der Waals surface area contributed by atoms with Crippen LogP contribution in [0.3, 0.4) is 0 Å². The van der Waals surface area contributed by atoms with E-state index in [0.29, 0.717) is 18.4 Å². The molecule has 3 N–H and O–H groups in total. The summed E-state index contributed by atoms with van der Waals surface area (Å²) in [5.74, 6) is 1.68. The number of hydrogen-bond acceptors (Lipinski definition) is 7. The number of nitrogens with zero attached hydrogens (tertiary/aromatic N) is 4. The minimum Gasteiger partial charge on any atom is -0.383 e. The topological polar surface area (TPSA) is 123 Å². The fraction of sp³-hybridized carbons (Fsp3) is 0.440. The van der Waals surface area contributed by atoms with E-state index in [1.165, 1.54) is 23.0 Å². The summed E-state index contributed by atoms with van der Waals surface area (Å²) in [5, 5.41) is 4.11. The lowest BCUT2D eigenvalue weighted by Gasteiger charge is -2.26. The molecule has 2 aliphatic rings. The van der Waals surface area contributed by atoms with Crippen LogP contribution in [0.4, 0.5) is 11.5 Å². The summed E-state index contributed by atoms with van der Waals surface area (Å²) in [4.78, 5) is 34.5. The average molecular weight is 463 g/mol. The van der Waals surface area contributed by atoms with Crippen molar-refractivity contribution in [1.29, 1.82) is 0 Å². The van der Waals surface area contributed by atoms with E-state index in [2.05, 4.69) is 21.2 Å². The van der Waals surface area contributed by atoms with E-state index in [0.717, 1.165) is 43.5 Å². The number of nitrogens with one attached hydrogen (secondary N) is 1. The minimum atomic E-state index is -0.529. The van der Waals surface area contributed by atoms with Gasteiger partial charge in [0.2, 0.25) is 5.89 Å². The van der Waals surface area contributed by atoms with Gasteiger partial charge in [0.15, 0.2) is 5.82 Å². The van der Waals surface area contributed by atoms with E-state index in [1.54, 1.807) is 0 Å². The lowest BCUT2D eigenvalue weighted by Crippen LogP contribution is -2.39. The maximum absolute atomic E-state index is 13.0. The first-order valence-corrected chi connectivity index (χ1v) is 12.0. The van der Waals surface area contributed by atoms with Crippen molar-refractivity contribution >= 4 is 11.5 Å². The number of aromatic nitrogens is 4. The molecule has 5 rings (SSSR count). The van der Waals surface area contributed by atoms with Gasteiger partial charge in [-0.15, -0.1) is 0 Å². The highest BCUT2D eigenvalue weighted by atomic mass is 16.5. The van der Waals surface area contributed by atoms with E-state index >= 15 is 0 Å². The van der Waals surface area contributed by atoms with Crippen LogP contribution < -0.4 is 21.9 Å². The number of benzene rings is 1. The predicted molar refractivity (Wildman–Crippen MR) is 130 cm³/mol. The summed E-state index contributed by atoms with van der Waals surface area (Å²) < 4.78 is 6.91. The van der Waals surface area contributed by atoms with E-state index in [-0.39, 0.29) is 24.6 Å². The maximum Gasteiger partial charge on any atom is 0.330 e. The second-order valence-electron chi connectivity index (χ2n) is 9.17. The van der Waals surface area contributed by atoms with Gasteiger partial charge in [-0.1, -0.05) is 47.1 Å². The van der Waals surface area contributed by atoms with Crippen LogP contribution in [0.5, 0.6) is 0 Å². The molecular weight excluding hydrogens is 432 g/mol. The molecule has 0 atom stereocenters. The Bertz CT molecular complexity index is 1290. The predicted octanol–water partition coefficient (Wildman–Crippen LogP) is 3.32. The Balaban J connectivity index is 1.48. The van der Waals surface area contributed by atoms with Crippen molar-refractivity contribution in [2.75, 3.05) is 17.2 Å². The van der Waals surface area contributed by atoms with Crippen molar-refractivity contribution in [1.82, 2.24) is 19.7 Å². The monoisotopic (exact) mass is 462 g/mol. The molecule has 178 valence electrons. The first-order valence-electron chi connectivity index (χ1n) is 12.0. The Kier molecular flexibility index (Phi) is 6.33. The molecule has 0 radical (unpaired) electrons. The smallest absolute Gasteiger partial charge is 0.330 e. The molecule has 0 spiro atoms. The number of aromatic amines is 1. The van der Waals surface area contributed by atoms with Crippen molar-refractivity contribution in [3.05, 3.63) is 80.1 Å². The second kappa shape index (κ2) is 9.70. The third-order valence-corrected chi connectivity index (χ3v) is 6.55. The van der Waals surface area contributed by atoms with Gasteiger partial charge in [0.25, 0.3) is 5.56 Å². The molecule has 2 aromatic heterocycles. The third-order valence-electron chi connectivity index (χ3n) is 6.55.